The molecule has 0 aliphatic heterocycles. The third kappa shape index (κ3) is 6.10. The van der Waals surface area contributed by atoms with Crippen molar-refractivity contribution in [1.29, 1.82) is 5.26 Å². The number of nitrogens with zero attached hydrogens (tertiary/aromatic N) is 1. The van der Waals surface area contributed by atoms with Gasteiger partial charge in [-0.25, -0.2) is 9.18 Å². The Kier molecular flexibility index (Phi) is 6.32. The minimum absolute atomic E-state index is 0.149. The van der Waals surface area contributed by atoms with Gasteiger partial charge in [-0.05, 0) is 45.7 Å². The lowest BCUT2D eigenvalue weighted by molar-refractivity contribution is 0.0523. The van der Waals surface area contributed by atoms with Gasteiger partial charge in [0.05, 0.1) is 17.7 Å². The molecule has 1 aromatic carbocycles. The average molecular weight is 308 g/mol. The molecule has 0 radical (unpaired) electrons. The van der Waals surface area contributed by atoms with E-state index in [1.807, 2.05) is 6.07 Å². The zero-order chi connectivity index (χ0) is 16.8. The van der Waals surface area contributed by atoms with Crippen LogP contribution in [0.4, 0.5) is 9.18 Å². The number of carbonyl (C=O) groups is 1. The molecule has 1 aromatic rings. The molecular formula is C16H21FN2O3. The molecule has 0 aliphatic rings. The van der Waals surface area contributed by atoms with Gasteiger partial charge in [-0.15, -0.1) is 0 Å². The molecule has 0 saturated heterocycles. The Labute approximate surface area is 129 Å². The molecule has 1 amide bonds. The second-order valence-corrected chi connectivity index (χ2v) is 5.93. The number of benzene rings is 1. The lowest BCUT2D eigenvalue weighted by Crippen LogP contribution is -2.33. The lowest BCUT2D eigenvalue weighted by Gasteiger charge is -2.19. The van der Waals surface area contributed by atoms with Crippen LogP contribution in [0.5, 0.6) is 0 Å². The van der Waals surface area contributed by atoms with E-state index in [2.05, 4.69) is 5.32 Å². The van der Waals surface area contributed by atoms with Crippen molar-refractivity contribution in [1.82, 2.24) is 5.32 Å². The number of nitrogens with one attached hydrogen (secondary N) is 1. The van der Waals surface area contributed by atoms with Crippen molar-refractivity contribution in [3.8, 4) is 6.07 Å². The Bertz CT molecular complexity index is 561. The fourth-order valence-electron chi connectivity index (χ4n) is 1.82. The Balaban J connectivity index is 2.39. The van der Waals surface area contributed by atoms with Crippen LogP contribution in [0.2, 0.25) is 0 Å². The highest BCUT2D eigenvalue weighted by molar-refractivity contribution is 5.67. The number of hydrogen-bond donors (Lipinski definition) is 2. The van der Waals surface area contributed by atoms with E-state index in [1.165, 1.54) is 12.1 Å². The van der Waals surface area contributed by atoms with E-state index in [1.54, 1.807) is 20.8 Å². The molecule has 2 N–H and O–H groups in total. The molecule has 0 bridgehead atoms. The van der Waals surface area contributed by atoms with Crippen molar-refractivity contribution < 1.29 is 19.0 Å². The number of rotatable bonds is 5. The Morgan fingerprint density at radius 2 is 2.18 bits per heavy atom. The minimum Gasteiger partial charge on any atom is -0.444 e. The summed E-state index contributed by atoms with van der Waals surface area (Å²) in [6, 6.07) is 5.79. The van der Waals surface area contributed by atoms with Crippen molar-refractivity contribution in [2.75, 3.05) is 6.54 Å². The number of carbonyl (C=O) groups excluding carboxylic acids is 1. The zero-order valence-electron chi connectivity index (χ0n) is 13.0. The monoisotopic (exact) mass is 308 g/mol. The third-order valence-corrected chi connectivity index (χ3v) is 2.81. The maximum absolute atomic E-state index is 13.7. The van der Waals surface area contributed by atoms with Gasteiger partial charge in [0.1, 0.15) is 11.4 Å². The molecule has 0 saturated carbocycles. The quantitative estimate of drug-likeness (QED) is 0.819. The van der Waals surface area contributed by atoms with E-state index >= 15 is 0 Å². The second-order valence-electron chi connectivity index (χ2n) is 5.93. The highest BCUT2D eigenvalue weighted by Crippen LogP contribution is 2.22. The van der Waals surface area contributed by atoms with Crippen LogP contribution in [0.3, 0.4) is 0 Å². The standard InChI is InChI=1S/C16H21FN2O3/c1-16(2,3)22-15(21)19-8-4-5-14(20)12-7-6-11(10-18)9-13(12)17/h6-7,9,14,20H,4-5,8H2,1-3H3,(H,19,21)/t14-/m1/s1. The predicted molar refractivity (Wildman–Crippen MR) is 79.5 cm³/mol. The fourth-order valence-corrected chi connectivity index (χ4v) is 1.82. The van der Waals surface area contributed by atoms with Crippen molar-refractivity contribution in [3.05, 3.63) is 35.1 Å². The van der Waals surface area contributed by atoms with Gasteiger partial charge in [-0.3, -0.25) is 0 Å². The summed E-state index contributed by atoms with van der Waals surface area (Å²) in [6.07, 6.45) is -0.738. The lowest BCUT2D eigenvalue weighted by atomic mass is 10.0. The van der Waals surface area contributed by atoms with Gasteiger partial charge in [-0.1, -0.05) is 6.07 Å². The number of hydrogen-bond acceptors (Lipinski definition) is 4. The number of aliphatic hydroxyl groups excluding tert-OH is 1. The third-order valence-electron chi connectivity index (χ3n) is 2.81. The summed E-state index contributed by atoms with van der Waals surface area (Å²) < 4.78 is 18.8. The van der Waals surface area contributed by atoms with E-state index in [4.69, 9.17) is 10.00 Å². The average Bonchev–Trinajstić information content (AvgIpc) is 2.41. The summed E-state index contributed by atoms with van der Waals surface area (Å²) >= 11 is 0. The first kappa shape index (κ1) is 17.9. The number of nitriles is 1. The predicted octanol–water partition coefficient (Wildman–Crippen LogP) is 3.04. The van der Waals surface area contributed by atoms with Gasteiger partial charge < -0.3 is 15.2 Å². The first-order valence-corrected chi connectivity index (χ1v) is 7.07. The summed E-state index contributed by atoms with van der Waals surface area (Å²) in [5, 5.41) is 21.2. The normalized spacial score (nSPS) is 12.4. The Morgan fingerprint density at radius 1 is 1.50 bits per heavy atom. The number of halogens is 1. The number of amides is 1. The molecule has 120 valence electrons. The topological polar surface area (TPSA) is 82.3 Å². The summed E-state index contributed by atoms with van der Waals surface area (Å²) in [5.74, 6) is -0.605. The first-order chi connectivity index (χ1) is 10.2. The van der Waals surface area contributed by atoms with E-state index in [0.29, 0.717) is 19.4 Å². The van der Waals surface area contributed by atoms with E-state index in [-0.39, 0.29) is 11.1 Å². The summed E-state index contributed by atoms with van der Waals surface area (Å²) in [6.45, 7) is 5.63. The van der Waals surface area contributed by atoms with Crippen molar-refractivity contribution in [3.63, 3.8) is 0 Å². The Hall–Kier alpha value is -2.13. The van der Waals surface area contributed by atoms with Crippen LogP contribution in [0.25, 0.3) is 0 Å². The molecule has 1 rings (SSSR count). The molecule has 6 heteroatoms. The molecule has 0 fully saturated rings. The second kappa shape index (κ2) is 7.76. The molecule has 0 heterocycles. The maximum atomic E-state index is 13.7. The van der Waals surface area contributed by atoms with E-state index in [9.17, 15) is 14.3 Å². The van der Waals surface area contributed by atoms with Crippen LogP contribution in [0.1, 0.15) is 50.8 Å². The highest BCUT2D eigenvalue weighted by atomic mass is 19.1. The fraction of sp³-hybridized carbons (Fsp3) is 0.500. The molecule has 0 spiro atoms. The van der Waals surface area contributed by atoms with Gasteiger partial charge in [0, 0.05) is 12.1 Å². The highest BCUT2D eigenvalue weighted by Gasteiger charge is 2.16. The molecule has 5 nitrogen and oxygen atoms in total. The van der Waals surface area contributed by atoms with Crippen molar-refractivity contribution in [2.45, 2.75) is 45.3 Å². The van der Waals surface area contributed by atoms with Crippen LogP contribution < -0.4 is 5.32 Å². The van der Waals surface area contributed by atoms with E-state index < -0.39 is 23.6 Å². The minimum atomic E-state index is -0.979. The van der Waals surface area contributed by atoms with Crippen molar-refractivity contribution in [2.24, 2.45) is 0 Å². The summed E-state index contributed by atoms with van der Waals surface area (Å²) in [5.41, 5.74) is -0.203. The van der Waals surface area contributed by atoms with Gasteiger partial charge in [0.15, 0.2) is 0 Å². The van der Waals surface area contributed by atoms with Gasteiger partial charge in [-0.2, -0.15) is 5.26 Å². The van der Waals surface area contributed by atoms with Gasteiger partial charge in [0.25, 0.3) is 0 Å². The number of alkyl carbamates (subject to hydrolysis) is 1. The SMILES string of the molecule is CC(C)(C)OC(=O)NCCC[C@@H](O)c1ccc(C#N)cc1F. The van der Waals surface area contributed by atoms with Crippen LogP contribution in [-0.2, 0) is 4.74 Å². The zero-order valence-corrected chi connectivity index (χ0v) is 13.0. The molecular weight excluding hydrogens is 287 g/mol. The van der Waals surface area contributed by atoms with Gasteiger partial charge >= 0.3 is 6.09 Å². The maximum Gasteiger partial charge on any atom is 0.407 e. The molecule has 1 atom stereocenters. The van der Waals surface area contributed by atoms with Crippen LogP contribution >= 0.6 is 0 Å². The van der Waals surface area contributed by atoms with Crippen molar-refractivity contribution >= 4 is 6.09 Å². The molecule has 0 aromatic heterocycles. The molecule has 0 aliphatic carbocycles. The van der Waals surface area contributed by atoms with Crippen LogP contribution in [0, 0.1) is 17.1 Å². The van der Waals surface area contributed by atoms with Crippen LogP contribution in [0.15, 0.2) is 18.2 Å². The first-order valence-electron chi connectivity index (χ1n) is 7.07. The molecule has 22 heavy (non-hydrogen) atoms. The smallest absolute Gasteiger partial charge is 0.407 e. The largest absolute Gasteiger partial charge is 0.444 e. The van der Waals surface area contributed by atoms with Crippen LogP contribution in [-0.4, -0.2) is 23.3 Å². The molecule has 0 unspecified atom stereocenters. The van der Waals surface area contributed by atoms with E-state index in [0.717, 1.165) is 6.07 Å². The summed E-state index contributed by atoms with van der Waals surface area (Å²) in [4.78, 5) is 11.4. The Morgan fingerprint density at radius 3 is 2.73 bits per heavy atom. The number of aliphatic hydroxyl groups is 1. The number of ether oxygens (including phenoxy) is 1. The van der Waals surface area contributed by atoms with Gasteiger partial charge in [0.2, 0.25) is 0 Å². The summed E-state index contributed by atoms with van der Waals surface area (Å²) in [7, 11) is 0.